The molecule has 7 nitrogen and oxygen atoms in total. The molecule has 0 saturated carbocycles. The van der Waals surface area contributed by atoms with Crippen molar-refractivity contribution in [3.63, 3.8) is 0 Å². The van der Waals surface area contributed by atoms with Gasteiger partial charge in [-0.3, -0.25) is 5.43 Å². The molecule has 0 amide bonds. The number of aryl methyl sites for hydroxylation is 1. The van der Waals surface area contributed by atoms with Crippen LogP contribution in [0.2, 0.25) is 10.0 Å². The van der Waals surface area contributed by atoms with Gasteiger partial charge in [-0.05, 0) is 48.9 Å². The molecule has 138 valence electrons. The number of hydrogen-bond acceptors (Lipinski definition) is 6. The number of halogens is 2. The highest BCUT2D eigenvalue weighted by Gasteiger charge is 2.06. The molecule has 0 spiro atoms. The fraction of sp³-hybridized carbons (Fsp3) is 0.111. The molecule has 2 N–H and O–H groups in total. The monoisotopic (exact) mass is 403 g/mol. The van der Waals surface area contributed by atoms with Crippen LogP contribution >= 0.6 is 23.2 Å². The van der Waals surface area contributed by atoms with Gasteiger partial charge in [-0.1, -0.05) is 29.3 Å². The molecule has 3 rings (SSSR count). The number of nitrogens with one attached hydrogen (secondary N) is 2. The summed E-state index contributed by atoms with van der Waals surface area (Å²) in [4.78, 5) is 14.9. The Balaban J connectivity index is 1.60. The number of H-pyrrole nitrogens is 1. The van der Waals surface area contributed by atoms with Crippen molar-refractivity contribution in [2.45, 2.75) is 13.5 Å². The molecule has 1 aromatic heterocycles. The number of rotatable bonds is 6. The SMILES string of the molecule is Cc1n[nH]c(=O)nc1NN=Cc1ccc(OCc2c(Cl)cccc2Cl)cc1. The number of hydrazone groups is 1. The molecule has 0 bridgehead atoms. The minimum Gasteiger partial charge on any atom is -0.489 e. The summed E-state index contributed by atoms with van der Waals surface area (Å²) in [5.41, 5.74) is 4.26. The fourth-order valence-corrected chi connectivity index (χ4v) is 2.65. The van der Waals surface area contributed by atoms with Crippen LogP contribution in [0, 0.1) is 6.92 Å². The van der Waals surface area contributed by atoms with E-state index in [2.05, 4.69) is 25.7 Å². The quantitative estimate of drug-likeness (QED) is 0.482. The van der Waals surface area contributed by atoms with Gasteiger partial charge in [-0.25, -0.2) is 9.89 Å². The Morgan fingerprint density at radius 3 is 2.59 bits per heavy atom. The number of nitrogens with zero attached hydrogens (tertiary/aromatic N) is 3. The van der Waals surface area contributed by atoms with Crippen LogP contribution in [0.25, 0.3) is 0 Å². The van der Waals surface area contributed by atoms with E-state index in [1.165, 1.54) is 0 Å². The molecule has 0 radical (unpaired) electrons. The van der Waals surface area contributed by atoms with Gasteiger partial charge in [-0.15, -0.1) is 0 Å². The van der Waals surface area contributed by atoms with Gasteiger partial charge in [0, 0.05) is 15.6 Å². The molecule has 3 aromatic rings. The number of aromatic amines is 1. The average Bonchev–Trinajstić information content (AvgIpc) is 2.65. The van der Waals surface area contributed by atoms with Crippen molar-refractivity contribution in [1.29, 1.82) is 0 Å². The summed E-state index contributed by atoms with van der Waals surface area (Å²) in [6.07, 6.45) is 1.59. The number of ether oxygens (including phenoxy) is 1. The molecule has 0 aliphatic rings. The van der Waals surface area contributed by atoms with Crippen molar-refractivity contribution in [2.24, 2.45) is 5.10 Å². The summed E-state index contributed by atoms with van der Waals surface area (Å²) in [7, 11) is 0. The molecule has 0 unspecified atom stereocenters. The third kappa shape index (κ3) is 5.06. The second-order valence-electron chi connectivity index (χ2n) is 5.50. The van der Waals surface area contributed by atoms with E-state index >= 15 is 0 Å². The summed E-state index contributed by atoms with van der Waals surface area (Å²) in [5.74, 6) is 0.971. The van der Waals surface area contributed by atoms with Crippen molar-refractivity contribution >= 4 is 35.2 Å². The van der Waals surface area contributed by atoms with Gasteiger partial charge in [0.1, 0.15) is 18.1 Å². The third-order valence-electron chi connectivity index (χ3n) is 3.58. The minimum absolute atomic E-state index is 0.272. The second-order valence-corrected chi connectivity index (χ2v) is 6.32. The van der Waals surface area contributed by atoms with E-state index in [-0.39, 0.29) is 6.61 Å². The van der Waals surface area contributed by atoms with Gasteiger partial charge in [0.15, 0.2) is 5.82 Å². The predicted molar refractivity (Wildman–Crippen MR) is 106 cm³/mol. The molecule has 0 fully saturated rings. The zero-order valence-corrected chi connectivity index (χ0v) is 15.8. The summed E-state index contributed by atoms with van der Waals surface area (Å²) >= 11 is 12.3. The Labute approximate surface area is 165 Å². The normalized spacial score (nSPS) is 10.9. The molecule has 0 atom stereocenters. The van der Waals surface area contributed by atoms with Crippen molar-refractivity contribution < 1.29 is 4.74 Å². The van der Waals surface area contributed by atoms with Gasteiger partial charge >= 0.3 is 5.69 Å². The van der Waals surface area contributed by atoms with Crippen LogP contribution in [0.1, 0.15) is 16.8 Å². The molecule has 0 aliphatic heterocycles. The lowest BCUT2D eigenvalue weighted by molar-refractivity contribution is 0.306. The minimum atomic E-state index is -0.543. The molecule has 9 heteroatoms. The molecule has 0 saturated heterocycles. The predicted octanol–water partition coefficient (Wildman–Crippen LogP) is 3.81. The van der Waals surface area contributed by atoms with E-state index in [1.54, 1.807) is 31.3 Å². The summed E-state index contributed by atoms with van der Waals surface area (Å²) in [6.45, 7) is 1.98. The molecule has 2 aromatic carbocycles. The first-order valence-electron chi connectivity index (χ1n) is 7.91. The van der Waals surface area contributed by atoms with E-state index < -0.39 is 5.69 Å². The number of benzene rings is 2. The first-order valence-corrected chi connectivity index (χ1v) is 8.66. The summed E-state index contributed by atoms with van der Waals surface area (Å²) < 4.78 is 5.73. The Morgan fingerprint density at radius 1 is 1.19 bits per heavy atom. The van der Waals surface area contributed by atoms with Gasteiger partial charge in [0.2, 0.25) is 0 Å². The third-order valence-corrected chi connectivity index (χ3v) is 4.29. The molecule has 1 heterocycles. The standard InChI is InChI=1S/C18H15Cl2N5O2/c1-11-17(22-18(26)25-23-11)24-21-9-12-5-7-13(8-6-12)27-10-14-15(19)3-2-4-16(14)20/h2-9H,10H2,1H3,(H2,22,24,25,26). The van der Waals surface area contributed by atoms with Crippen LogP contribution in [0.15, 0.2) is 52.4 Å². The van der Waals surface area contributed by atoms with Crippen LogP contribution in [-0.2, 0) is 6.61 Å². The molecule has 0 aliphatic carbocycles. The highest BCUT2D eigenvalue weighted by Crippen LogP contribution is 2.25. The lowest BCUT2D eigenvalue weighted by Crippen LogP contribution is -2.15. The Kier molecular flexibility index (Phi) is 6.05. The maximum Gasteiger partial charge on any atom is 0.363 e. The van der Waals surface area contributed by atoms with Gasteiger partial charge in [-0.2, -0.15) is 15.2 Å². The van der Waals surface area contributed by atoms with Crippen LogP contribution in [0.5, 0.6) is 5.75 Å². The Hall–Kier alpha value is -2.90. The highest BCUT2D eigenvalue weighted by molar-refractivity contribution is 6.35. The zero-order chi connectivity index (χ0) is 19.2. The maximum atomic E-state index is 11.2. The van der Waals surface area contributed by atoms with Crippen molar-refractivity contribution in [3.05, 3.63) is 79.8 Å². The van der Waals surface area contributed by atoms with Crippen LogP contribution < -0.4 is 15.9 Å². The molecule has 27 heavy (non-hydrogen) atoms. The van der Waals surface area contributed by atoms with Crippen molar-refractivity contribution in [2.75, 3.05) is 5.43 Å². The second kappa shape index (κ2) is 8.66. The smallest absolute Gasteiger partial charge is 0.363 e. The van der Waals surface area contributed by atoms with Gasteiger partial charge in [0.05, 0.1) is 6.21 Å². The van der Waals surface area contributed by atoms with Crippen LogP contribution in [0.3, 0.4) is 0 Å². The zero-order valence-electron chi connectivity index (χ0n) is 14.2. The summed E-state index contributed by atoms with van der Waals surface area (Å²) in [6, 6.07) is 12.6. The number of hydrogen-bond donors (Lipinski definition) is 2. The Bertz CT molecular complexity index is 999. The topological polar surface area (TPSA) is 92.3 Å². The first kappa shape index (κ1) is 18.9. The molecular formula is C18H15Cl2N5O2. The van der Waals surface area contributed by atoms with E-state index in [4.69, 9.17) is 27.9 Å². The van der Waals surface area contributed by atoms with Gasteiger partial charge < -0.3 is 4.74 Å². The average molecular weight is 404 g/mol. The van der Waals surface area contributed by atoms with Crippen molar-refractivity contribution in [1.82, 2.24) is 15.2 Å². The first-order chi connectivity index (χ1) is 13.0. The van der Waals surface area contributed by atoms with E-state index in [1.807, 2.05) is 24.3 Å². The lowest BCUT2D eigenvalue weighted by atomic mass is 10.2. The van der Waals surface area contributed by atoms with E-state index in [0.29, 0.717) is 27.3 Å². The maximum absolute atomic E-state index is 11.2. The fourth-order valence-electron chi connectivity index (χ4n) is 2.14. The highest BCUT2D eigenvalue weighted by atomic mass is 35.5. The number of aromatic nitrogens is 3. The Morgan fingerprint density at radius 2 is 1.89 bits per heavy atom. The van der Waals surface area contributed by atoms with Crippen LogP contribution in [-0.4, -0.2) is 21.4 Å². The largest absolute Gasteiger partial charge is 0.489 e. The van der Waals surface area contributed by atoms with Crippen molar-refractivity contribution in [3.8, 4) is 5.75 Å². The van der Waals surface area contributed by atoms with Gasteiger partial charge in [0.25, 0.3) is 0 Å². The molecular weight excluding hydrogens is 389 g/mol. The lowest BCUT2D eigenvalue weighted by Gasteiger charge is -2.09. The van der Waals surface area contributed by atoms with E-state index in [0.717, 1.165) is 11.1 Å². The summed E-state index contributed by atoms with van der Waals surface area (Å²) in [5, 5.41) is 11.2. The van der Waals surface area contributed by atoms with Crippen LogP contribution in [0.4, 0.5) is 5.82 Å². The van der Waals surface area contributed by atoms with E-state index in [9.17, 15) is 4.79 Å². The number of anilines is 1.